The lowest BCUT2D eigenvalue weighted by Gasteiger charge is -2.17. The fraction of sp³-hybridized carbons (Fsp3) is 0.182. The molecule has 0 aromatic heterocycles. The second-order valence-electron chi connectivity index (χ2n) is 3.20. The molecule has 3 rings (SSSR count). The van der Waals surface area contributed by atoms with E-state index in [4.69, 9.17) is 0 Å². The molecule has 2 aliphatic rings. The van der Waals surface area contributed by atoms with Crippen LogP contribution in [0.5, 0.6) is 0 Å². The number of hydrogen-bond acceptors (Lipinski definition) is 2. The Bertz CT molecular complexity index is 418. The molecule has 1 aromatic carbocycles. The Labute approximate surface area is 81.6 Å². The third kappa shape index (κ3) is 1.05. The lowest BCUT2D eigenvalue weighted by Crippen LogP contribution is -2.10. The second kappa shape index (κ2) is 2.74. The summed E-state index contributed by atoms with van der Waals surface area (Å²) >= 11 is 1.92. The Morgan fingerprint density at radius 2 is 2.15 bits per heavy atom. The molecule has 64 valence electrons. The van der Waals surface area contributed by atoms with Gasteiger partial charge < -0.3 is 0 Å². The SMILES string of the molecule is C1=C2CSc3ccccc3C2=NC1. The summed E-state index contributed by atoms with van der Waals surface area (Å²) in [6.07, 6.45) is 2.23. The van der Waals surface area contributed by atoms with Gasteiger partial charge in [-0.15, -0.1) is 11.8 Å². The molecule has 0 atom stereocenters. The van der Waals surface area contributed by atoms with E-state index in [0.29, 0.717) is 0 Å². The molecular formula is C11H9NS. The molecule has 2 heteroatoms. The highest BCUT2D eigenvalue weighted by atomic mass is 32.2. The van der Waals surface area contributed by atoms with Gasteiger partial charge in [0.05, 0.1) is 12.3 Å². The average molecular weight is 187 g/mol. The quantitative estimate of drug-likeness (QED) is 0.608. The van der Waals surface area contributed by atoms with Gasteiger partial charge in [-0.05, 0) is 11.6 Å². The predicted octanol–water partition coefficient (Wildman–Crippen LogP) is 2.52. The van der Waals surface area contributed by atoms with Gasteiger partial charge in [0.1, 0.15) is 0 Å². The van der Waals surface area contributed by atoms with Crippen LogP contribution in [-0.2, 0) is 0 Å². The molecule has 0 fully saturated rings. The molecule has 0 aliphatic carbocycles. The van der Waals surface area contributed by atoms with Crippen molar-refractivity contribution in [2.24, 2.45) is 4.99 Å². The number of benzene rings is 1. The zero-order valence-electron chi connectivity index (χ0n) is 7.16. The summed E-state index contributed by atoms with van der Waals surface area (Å²) in [4.78, 5) is 5.89. The molecule has 0 spiro atoms. The molecule has 1 nitrogen and oxygen atoms in total. The number of aliphatic imine (C=N–C) groups is 1. The molecule has 0 bridgehead atoms. The Balaban J connectivity index is 2.22. The van der Waals surface area contributed by atoms with Crippen molar-refractivity contribution in [2.75, 3.05) is 12.3 Å². The largest absolute Gasteiger partial charge is 0.280 e. The Morgan fingerprint density at radius 3 is 3.15 bits per heavy atom. The van der Waals surface area contributed by atoms with Gasteiger partial charge in [-0.2, -0.15) is 0 Å². The van der Waals surface area contributed by atoms with Crippen LogP contribution in [0.4, 0.5) is 0 Å². The number of thioether (sulfide) groups is 1. The topological polar surface area (TPSA) is 12.4 Å². The van der Waals surface area contributed by atoms with Crippen LogP contribution in [-0.4, -0.2) is 18.0 Å². The van der Waals surface area contributed by atoms with Gasteiger partial charge in [0.15, 0.2) is 0 Å². The van der Waals surface area contributed by atoms with Crippen LogP contribution in [0.25, 0.3) is 0 Å². The van der Waals surface area contributed by atoms with Crippen LogP contribution in [0.3, 0.4) is 0 Å². The number of hydrogen-bond donors (Lipinski definition) is 0. The summed E-state index contributed by atoms with van der Waals surface area (Å²) in [5.41, 5.74) is 3.97. The summed E-state index contributed by atoms with van der Waals surface area (Å²) in [5, 5.41) is 0. The van der Waals surface area contributed by atoms with Crippen LogP contribution in [0.2, 0.25) is 0 Å². The number of nitrogens with zero attached hydrogens (tertiary/aromatic N) is 1. The van der Waals surface area contributed by atoms with E-state index < -0.39 is 0 Å². The van der Waals surface area contributed by atoms with Gasteiger partial charge in [-0.1, -0.05) is 24.3 Å². The highest BCUT2D eigenvalue weighted by Crippen LogP contribution is 2.34. The number of rotatable bonds is 0. The fourth-order valence-electron chi connectivity index (χ4n) is 1.77. The van der Waals surface area contributed by atoms with Gasteiger partial charge in [-0.25, -0.2) is 0 Å². The van der Waals surface area contributed by atoms with E-state index >= 15 is 0 Å². The molecule has 0 saturated heterocycles. The van der Waals surface area contributed by atoms with Crippen molar-refractivity contribution in [1.29, 1.82) is 0 Å². The van der Waals surface area contributed by atoms with E-state index in [2.05, 4.69) is 35.3 Å². The van der Waals surface area contributed by atoms with E-state index in [1.54, 1.807) is 0 Å². The molecule has 0 N–H and O–H groups in total. The molecule has 1 aromatic rings. The maximum Gasteiger partial charge on any atom is 0.0699 e. The van der Waals surface area contributed by atoms with Gasteiger partial charge in [-0.3, -0.25) is 4.99 Å². The lowest BCUT2D eigenvalue weighted by atomic mass is 10.0. The Kier molecular flexibility index (Phi) is 1.56. The molecule has 0 amide bonds. The first-order chi connectivity index (χ1) is 6.45. The molecule has 0 radical (unpaired) electrons. The van der Waals surface area contributed by atoms with Crippen molar-refractivity contribution >= 4 is 17.5 Å². The first-order valence-corrected chi connectivity index (χ1v) is 5.40. The second-order valence-corrected chi connectivity index (χ2v) is 4.22. The fourth-order valence-corrected chi connectivity index (χ4v) is 2.84. The predicted molar refractivity (Wildman–Crippen MR) is 56.7 cm³/mol. The standard InChI is InChI=1S/C11H9NS/c1-2-4-10-9(3-1)11-8(7-13-10)5-6-12-11/h1-5H,6-7H2. The molecular weight excluding hydrogens is 178 g/mol. The minimum atomic E-state index is 0.875. The van der Waals surface area contributed by atoms with Crippen molar-refractivity contribution in [3.05, 3.63) is 41.5 Å². The average Bonchev–Trinajstić information content (AvgIpc) is 2.65. The Hall–Kier alpha value is -1.02. The first kappa shape index (κ1) is 7.39. The van der Waals surface area contributed by atoms with Crippen LogP contribution >= 0.6 is 11.8 Å². The van der Waals surface area contributed by atoms with E-state index in [-0.39, 0.29) is 0 Å². The third-order valence-corrected chi connectivity index (χ3v) is 3.54. The molecule has 0 saturated carbocycles. The summed E-state index contributed by atoms with van der Waals surface area (Å²) < 4.78 is 0. The number of fused-ring (bicyclic) bond motifs is 3. The zero-order valence-corrected chi connectivity index (χ0v) is 7.97. The van der Waals surface area contributed by atoms with Gasteiger partial charge >= 0.3 is 0 Å². The smallest absolute Gasteiger partial charge is 0.0699 e. The van der Waals surface area contributed by atoms with E-state index in [0.717, 1.165) is 12.3 Å². The lowest BCUT2D eigenvalue weighted by molar-refractivity contribution is 1.27. The summed E-state index contributed by atoms with van der Waals surface area (Å²) in [5.74, 6) is 1.09. The molecule has 0 unspecified atom stereocenters. The third-order valence-electron chi connectivity index (χ3n) is 2.42. The minimum Gasteiger partial charge on any atom is -0.280 e. The highest BCUT2D eigenvalue weighted by molar-refractivity contribution is 7.99. The van der Waals surface area contributed by atoms with Crippen molar-refractivity contribution in [1.82, 2.24) is 0 Å². The van der Waals surface area contributed by atoms with Crippen molar-refractivity contribution < 1.29 is 0 Å². The summed E-state index contributed by atoms with van der Waals surface area (Å²) in [6, 6.07) is 8.52. The summed E-state index contributed by atoms with van der Waals surface area (Å²) in [6.45, 7) is 0.875. The van der Waals surface area contributed by atoms with Gasteiger partial charge in [0.25, 0.3) is 0 Å². The van der Waals surface area contributed by atoms with Gasteiger partial charge in [0.2, 0.25) is 0 Å². The van der Waals surface area contributed by atoms with E-state index in [1.807, 2.05) is 11.8 Å². The van der Waals surface area contributed by atoms with Crippen molar-refractivity contribution in [3.63, 3.8) is 0 Å². The van der Waals surface area contributed by atoms with Crippen LogP contribution in [0.15, 0.2) is 45.8 Å². The molecule has 2 aliphatic heterocycles. The van der Waals surface area contributed by atoms with E-state index in [9.17, 15) is 0 Å². The normalized spacial score (nSPS) is 18.8. The van der Waals surface area contributed by atoms with E-state index in [1.165, 1.54) is 21.7 Å². The van der Waals surface area contributed by atoms with Crippen molar-refractivity contribution in [3.8, 4) is 0 Å². The zero-order chi connectivity index (χ0) is 8.67. The highest BCUT2D eigenvalue weighted by Gasteiger charge is 2.21. The Morgan fingerprint density at radius 1 is 1.23 bits per heavy atom. The van der Waals surface area contributed by atoms with Gasteiger partial charge in [0, 0.05) is 16.2 Å². The maximum absolute atomic E-state index is 4.51. The van der Waals surface area contributed by atoms with Crippen molar-refractivity contribution in [2.45, 2.75) is 4.90 Å². The maximum atomic E-state index is 4.51. The molecule has 2 heterocycles. The summed E-state index contributed by atoms with van der Waals surface area (Å²) in [7, 11) is 0. The monoisotopic (exact) mass is 187 g/mol. The van der Waals surface area contributed by atoms with Crippen LogP contribution in [0, 0.1) is 0 Å². The first-order valence-electron chi connectivity index (χ1n) is 4.41. The molecule has 13 heavy (non-hydrogen) atoms. The minimum absolute atomic E-state index is 0.875. The van der Waals surface area contributed by atoms with Crippen LogP contribution < -0.4 is 0 Å². The van der Waals surface area contributed by atoms with Crippen LogP contribution in [0.1, 0.15) is 5.56 Å².